The van der Waals surface area contributed by atoms with Gasteiger partial charge in [-0.1, -0.05) is 0 Å². The summed E-state index contributed by atoms with van der Waals surface area (Å²) in [6, 6.07) is 0. The van der Waals surface area contributed by atoms with E-state index in [2.05, 4.69) is 0 Å². The minimum atomic E-state index is -0.0464. The molecule has 0 aromatic heterocycles. The van der Waals surface area contributed by atoms with E-state index in [0.29, 0.717) is 11.5 Å². The highest BCUT2D eigenvalue weighted by Crippen LogP contribution is 2.37. The van der Waals surface area contributed by atoms with Crippen molar-refractivity contribution < 1.29 is 14.3 Å². The van der Waals surface area contributed by atoms with Crippen LogP contribution in [-0.2, 0) is 14.3 Å². The molecule has 2 rings (SSSR count). The lowest BCUT2D eigenvalue weighted by Gasteiger charge is -2.42. The molecule has 0 amide bonds. The van der Waals surface area contributed by atoms with Crippen molar-refractivity contribution in [1.82, 2.24) is 0 Å². The van der Waals surface area contributed by atoms with Gasteiger partial charge in [-0.2, -0.15) is 11.8 Å². The molecular formula is C12H20O3S. The second-order valence-electron chi connectivity index (χ2n) is 4.73. The van der Waals surface area contributed by atoms with E-state index in [9.17, 15) is 4.79 Å². The molecule has 2 aliphatic heterocycles. The molecule has 2 saturated heterocycles. The predicted molar refractivity (Wildman–Crippen MR) is 64.8 cm³/mol. The fraction of sp³-hybridized carbons (Fsp3) is 0.917. The lowest BCUT2D eigenvalue weighted by molar-refractivity contribution is -0.155. The second-order valence-corrected chi connectivity index (χ2v) is 5.60. The van der Waals surface area contributed by atoms with Crippen molar-refractivity contribution in [3.8, 4) is 0 Å². The van der Waals surface area contributed by atoms with Gasteiger partial charge in [0.2, 0.25) is 0 Å². The summed E-state index contributed by atoms with van der Waals surface area (Å²) in [6.07, 6.45) is 5.71. The van der Waals surface area contributed by atoms with E-state index < -0.39 is 0 Å². The lowest BCUT2D eigenvalue weighted by atomic mass is 9.79. The molecule has 16 heavy (non-hydrogen) atoms. The van der Waals surface area contributed by atoms with Crippen molar-refractivity contribution in [2.24, 2.45) is 5.92 Å². The topological polar surface area (TPSA) is 35.5 Å². The Morgan fingerprint density at radius 2 is 2.12 bits per heavy atom. The van der Waals surface area contributed by atoms with Crippen LogP contribution in [0.2, 0.25) is 0 Å². The maximum absolute atomic E-state index is 11.9. The molecule has 1 spiro atoms. The van der Waals surface area contributed by atoms with Crippen molar-refractivity contribution in [3.63, 3.8) is 0 Å². The highest BCUT2D eigenvalue weighted by Gasteiger charge is 2.40. The van der Waals surface area contributed by atoms with Crippen molar-refractivity contribution in [2.45, 2.75) is 31.3 Å². The number of hydrogen-bond acceptors (Lipinski definition) is 4. The smallest absolute Gasteiger partial charge is 0.145 e. The van der Waals surface area contributed by atoms with Gasteiger partial charge >= 0.3 is 0 Å². The molecule has 0 aliphatic carbocycles. The number of carbonyl (C=O) groups excluding carboxylic acids is 1. The first kappa shape index (κ1) is 12.4. The first-order chi connectivity index (χ1) is 7.76. The summed E-state index contributed by atoms with van der Waals surface area (Å²) in [4.78, 5) is 11.9. The molecule has 0 aromatic carbocycles. The Bertz CT molecular complexity index is 243. The molecule has 2 fully saturated rings. The summed E-state index contributed by atoms with van der Waals surface area (Å²) in [6.45, 7) is 2.30. The average Bonchev–Trinajstić information content (AvgIpc) is 2.30. The summed E-state index contributed by atoms with van der Waals surface area (Å²) in [5, 5.41) is 0. The molecule has 2 aliphatic rings. The van der Waals surface area contributed by atoms with E-state index in [1.165, 1.54) is 0 Å². The Balaban J connectivity index is 1.94. The minimum Gasteiger partial charge on any atom is -0.381 e. The Morgan fingerprint density at radius 1 is 1.38 bits per heavy atom. The molecule has 1 atom stereocenters. The van der Waals surface area contributed by atoms with Crippen LogP contribution in [0.3, 0.4) is 0 Å². The van der Waals surface area contributed by atoms with Gasteiger partial charge < -0.3 is 9.47 Å². The maximum atomic E-state index is 11.9. The molecule has 0 saturated carbocycles. The summed E-state index contributed by atoms with van der Waals surface area (Å²) in [5.74, 6) is 1.28. The Morgan fingerprint density at radius 3 is 2.81 bits per heavy atom. The number of thioether (sulfide) groups is 1. The van der Waals surface area contributed by atoms with Gasteiger partial charge in [-0.05, 0) is 31.9 Å². The quantitative estimate of drug-likeness (QED) is 0.759. The predicted octanol–water partition coefficient (Wildman–Crippen LogP) is 1.89. The number of rotatable bonds is 3. The van der Waals surface area contributed by atoms with Crippen LogP contribution in [-0.4, -0.2) is 43.2 Å². The van der Waals surface area contributed by atoms with Crippen LogP contribution < -0.4 is 0 Å². The van der Waals surface area contributed by atoms with Gasteiger partial charge in [0.15, 0.2) is 0 Å². The molecule has 0 bridgehead atoms. The number of ether oxygens (including phenoxy) is 2. The van der Waals surface area contributed by atoms with Crippen LogP contribution in [0, 0.1) is 5.92 Å². The van der Waals surface area contributed by atoms with Crippen molar-refractivity contribution in [3.05, 3.63) is 0 Å². The van der Waals surface area contributed by atoms with E-state index in [1.807, 2.05) is 6.26 Å². The minimum absolute atomic E-state index is 0.0464. The standard InChI is InChI=1S/C12H20O3S/c1-16-9-11(13)10-2-5-15-12(8-10)3-6-14-7-4-12/h10H,2-9H2,1H3. The van der Waals surface area contributed by atoms with Crippen LogP contribution in [0.25, 0.3) is 0 Å². The molecular weight excluding hydrogens is 224 g/mol. The Kier molecular flexibility index (Phi) is 4.27. The molecule has 1 unspecified atom stereocenters. The van der Waals surface area contributed by atoms with Gasteiger partial charge in [0.05, 0.1) is 11.4 Å². The van der Waals surface area contributed by atoms with E-state index in [0.717, 1.165) is 45.5 Å². The molecule has 0 aromatic rings. The maximum Gasteiger partial charge on any atom is 0.145 e. The van der Waals surface area contributed by atoms with Gasteiger partial charge in [-0.25, -0.2) is 0 Å². The van der Waals surface area contributed by atoms with Crippen LogP contribution in [0.15, 0.2) is 0 Å². The molecule has 0 radical (unpaired) electrons. The SMILES string of the molecule is CSCC(=O)C1CCOC2(CCOCC2)C1. The van der Waals surface area contributed by atoms with Crippen LogP contribution >= 0.6 is 11.8 Å². The van der Waals surface area contributed by atoms with E-state index >= 15 is 0 Å². The van der Waals surface area contributed by atoms with Crippen molar-refractivity contribution in [1.29, 1.82) is 0 Å². The molecule has 2 heterocycles. The third kappa shape index (κ3) is 2.79. The summed E-state index contributed by atoms with van der Waals surface area (Å²) < 4.78 is 11.3. The zero-order valence-corrected chi connectivity index (χ0v) is 10.7. The lowest BCUT2D eigenvalue weighted by Crippen LogP contribution is -2.46. The van der Waals surface area contributed by atoms with E-state index in [4.69, 9.17) is 9.47 Å². The van der Waals surface area contributed by atoms with Gasteiger partial charge in [-0.3, -0.25) is 4.79 Å². The van der Waals surface area contributed by atoms with Crippen LogP contribution in [0.1, 0.15) is 25.7 Å². The van der Waals surface area contributed by atoms with Gasteiger partial charge in [0.25, 0.3) is 0 Å². The summed E-state index contributed by atoms with van der Waals surface area (Å²) in [7, 11) is 0. The third-order valence-electron chi connectivity index (χ3n) is 3.64. The number of carbonyl (C=O) groups is 1. The molecule has 0 N–H and O–H groups in total. The van der Waals surface area contributed by atoms with Gasteiger partial charge in [0, 0.05) is 25.7 Å². The van der Waals surface area contributed by atoms with E-state index in [1.54, 1.807) is 11.8 Å². The van der Waals surface area contributed by atoms with Gasteiger partial charge in [0.1, 0.15) is 5.78 Å². The van der Waals surface area contributed by atoms with Crippen LogP contribution in [0.4, 0.5) is 0 Å². The fourth-order valence-electron chi connectivity index (χ4n) is 2.65. The molecule has 4 heteroatoms. The second kappa shape index (κ2) is 5.52. The van der Waals surface area contributed by atoms with Crippen LogP contribution in [0.5, 0.6) is 0 Å². The normalized spacial score (nSPS) is 29.2. The Labute approximate surface area is 101 Å². The van der Waals surface area contributed by atoms with E-state index in [-0.39, 0.29) is 11.5 Å². The Hall–Kier alpha value is -0.0600. The first-order valence-corrected chi connectivity index (χ1v) is 7.38. The summed E-state index contributed by atoms with van der Waals surface area (Å²) >= 11 is 1.62. The van der Waals surface area contributed by atoms with Crippen molar-refractivity contribution >= 4 is 17.5 Å². The van der Waals surface area contributed by atoms with Gasteiger partial charge in [-0.15, -0.1) is 0 Å². The monoisotopic (exact) mass is 244 g/mol. The summed E-state index contributed by atoms with van der Waals surface area (Å²) in [5.41, 5.74) is -0.0464. The zero-order valence-electron chi connectivity index (χ0n) is 9.87. The number of hydrogen-bond donors (Lipinski definition) is 0. The third-order valence-corrected chi connectivity index (χ3v) is 4.21. The average molecular weight is 244 g/mol. The largest absolute Gasteiger partial charge is 0.381 e. The highest BCUT2D eigenvalue weighted by atomic mass is 32.2. The van der Waals surface area contributed by atoms with Crippen molar-refractivity contribution in [2.75, 3.05) is 31.8 Å². The zero-order chi connectivity index (χ0) is 11.4. The highest BCUT2D eigenvalue weighted by molar-refractivity contribution is 7.99. The number of Topliss-reactive ketones (excluding diaryl/α,β-unsaturated/α-hetero) is 1. The first-order valence-electron chi connectivity index (χ1n) is 5.99. The fourth-order valence-corrected chi connectivity index (χ4v) is 3.17. The number of ketones is 1. The molecule has 3 nitrogen and oxygen atoms in total. The molecule has 92 valence electrons.